The molecule has 0 bridgehead atoms. The van der Waals surface area contributed by atoms with E-state index in [9.17, 15) is 9.59 Å². The second-order valence-corrected chi connectivity index (χ2v) is 8.21. The highest BCUT2D eigenvalue weighted by atomic mass is 32.2. The van der Waals surface area contributed by atoms with Crippen LogP contribution in [0.15, 0.2) is 59.5 Å². The molecule has 1 aromatic heterocycles. The summed E-state index contributed by atoms with van der Waals surface area (Å²) in [5.74, 6) is -0.214. The van der Waals surface area contributed by atoms with Crippen LogP contribution in [0.1, 0.15) is 15.3 Å². The van der Waals surface area contributed by atoms with Gasteiger partial charge >= 0.3 is 0 Å². The van der Waals surface area contributed by atoms with E-state index in [1.807, 2.05) is 67.6 Å². The van der Waals surface area contributed by atoms with Crippen LogP contribution >= 0.6 is 23.1 Å². The standard InChI is InChI=1S/C20H15NO2S2/c1-13-6-9-17(24-13)11-18-19(22)21(20(23)25-18)12-14-7-8-15-4-2-3-5-16(15)10-14/h2-11H,12H2,1H3/b18-11-. The normalized spacial score (nSPS) is 16.4. The van der Waals surface area contributed by atoms with Crippen molar-refractivity contribution >= 4 is 51.1 Å². The molecule has 2 amide bonds. The smallest absolute Gasteiger partial charge is 0.268 e. The number of imide groups is 1. The first-order valence-corrected chi connectivity index (χ1v) is 9.53. The van der Waals surface area contributed by atoms with Gasteiger partial charge in [0.1, 0.15) is 0 Å². The Morgan fingerprint density at radius 1 is 1.00 bits per heavy atom. The summed E-state index contributed by atoms with van der Waals surface area (Å²) in [6.45, 7) is 2.32. The molecule has 0 atom stereocenters. The molecule has 0 saturated carbocycles. The molecule has 0 unspecified atom stereocenters. The highest BCUT2D eigenvalue weighted by Gasteiger charge is 2.35. The van der Waals surface area contributed by atoms with Gasteiger partial charge < -0.3 is 0 Å². The minimum Gasteiger partial charge on any atom is -0.268 e. The summed E-state index contributed by atoms with van der Waals surface area (Å²) in [5, 5.41) is 2.04. The molecular formula is C20H15NO2S2. The van der Waals surface area contributed by atoms with Crippen LogP contribution in [0.5, 0.6) is 0 Å². The van der Waals surface area contributed by atoms with Crippen LogP contribution in [-0.4, -0.2) is 16.0 Å². The van der Waals surface area contributed by atoms with Gasteiger partial charge in [-0.15, -0.1) is 11.3 Å². The lowest BCUT2D eigenvalue weighted by molar-refractivity contribution is -0.123. The first-order valence-electron chi connectivity index (χ1n) is 7.90. The van der Waals surface area contributed by atoms with Crippen LogP contribution in [0, 0.1) is 6.92 Å². The fraction of sp³-hybridized carbons (Fsp3) is 0.100. The second-order valence-electron chi connectivity index (χ2n) is 5.90. The molecule has 1 aliphatic heterocycles. The number of nitrogens with zero attached hydrogens (tertiary/aromatic N) is 1. The van der Waals surface area contributed by atoms with Crippen LogP contribution in [0.2, 0.25) is 0 Å². The number of thioether (sulfide) groups is 1. The van der Waals surface area contributed by atoms with Crippen molar-refractivity contribution < 1.29 is 9.59 Å². The fourth-order valence-electron chi connectivity index (χ4n) is 2.82. The number of fused-ring (bicyclic) bond motifs is 1. The van der Waals surface area contributed by atoms with E-state index < -0.39 is 0 Å². The maximum atomic E-state index is 12.6. The molecule has 3 aromatic rings. The lowest BCUT2D eigenvalue weighted by atomic mass is 10.1. The molecule has 3 nitrogen and oxygen atoms in total. The lowest BCUT2D eigenvalue weighted by Gasteiger charge is -2.13. The van der Waals surface area contributed by atoms with Crippen LogP contribution in [0.4, 0.5) is 4.79 Å². The van der Waals surface area contributed by atoms with Gasteiger partial charge in [-0.05, 0) is 59.3 Å². The van der Waals surface area contributed by atoms with Crippen molar-refractivity contribution in [1.29, 1.82) is 0 Å². The Balaban J connectivity index is 1.58. The number of hydrogen-bond acceptors (Lipinski definition) is 4. The van der Waals surface area contributed by atoms with Gasteiger partial charge in [0, 0.05) is 9.75 Å². The van der Waals surface area contributed by atoms with Crippen molar-refractivity contribution in [2.75, 3.05) is 0 Å². The molecule has 0 N–H and O–H groups in total. The second kappa shape index (κ2) is 6.50. The highest BCUT2D eigenvalue weighted by Crippen LogP contribution is 2.34. The summed E-state index contributed by atoms with van der Waals surface area (Å²) in [7, 11) is 0. The molecule has 124 valence electrons. The highest BCUT2D eigenvalue weighted by molar-refractivity contribution is 8.18. The van der Waals surface area contributed by atoms with Gasteiger partial charge in [0.25, 0.3) is 11.1 Å². The van der Waals surface area contributed by atoms with Gasteiger partial charge in [0.15, 0.2) is 0 Å². The number of carbonyl (C=O) groups is 2. The van der Waals surface area contributed by atoms with Gasteiger partial charge in [0.2, 0.25) is 0 Å². The van der Waals surface area contributed by atoms with Crippen molar-refractivity contribution in [3.8, 4) is 0 Å². The first kappa shape index (κ1) is 16.1. The fourth-order valence-corrected chi connectivity index (χ4v) is 4.54. The van der Waals surface area contributed by atoms with Crippen LogP contribution < -0.4 is 0 Å². The summed E-state index contributed by atoms with van der Waals surface area (Å²) in [4.78, 5) is 28.9. The summed E-state index contributed by atoms with van der Waals surface area (Å²) >= 11 is 2.63. The maximum absolute atomic E-state index is 12.6. The van der Waals surface area contributed by atoms with Crippen molar-refractivity contribution in [1.82, 2.24) is 4.90 Å². The van der Waals surface area contributed by atoms with E-state index in [-0.39, 0.29) is 11.1 Å². The van der Waals surface area contributed by atoms with Crippen LogP contribution in [0.25, 0.3) is 16.8 Å². The van der Waals surface area contributed by atoms with Gasteiger partial charge in [-0.2, -0.15) is 0 Å². The first-order chi connectivity index (χ1) is 12.1. The zero-order valence-corrected chi connectivity index (χ0v) is 15.2. The Morgan fingerprint density at radius 2 is 1.80 bits per heavy atom. The molecule has 1 saturated heterocycles. The number of carbonyl (C=O) groups excluding carboxylic acids is 2. The van der Waals surface area contributed by atoms with E-state index in [0.717, 1.165) is 33.0 Å². The van der Waals surface area contributed by atoms with Gasteiger partial charge in [0.05, 0.1) is 11.4 Å². The number of aryl methyl sites for hydroxylation is 1. The Kier molecular flexibility index (Phi) is 4.19. The van der Waals surface area contributed by atoms with E-state index in [0.29, 0.717) is 11.4 Å². The van der Waals surface area contributed by atoms with Crippen LogP contribution in [0.3, 0.4) is 0 Å². The zero-order chi connectivity index (χ0) is 17.4. The maximum Gasteiger partial charge on any atom is 0.293 e. The predicted molar refractivity (Wildman–Crippen MR) is 105 cm³/mol. The molecule has 1 fully saturated rings. The Bertz CT molecular complexity index is 1020. The minimum atomic E-state index is -0.214. The number of hydrogen-bond donors (Lipinski definition) is 0. The predicted octanol–water partition coefficient (Wildman–Crippen LogP) is 5.45. The molecule has 1 aliphatic rings. The summed E-state index contributed by atoms with van der Waals surface area (Å²) < 4.78 is 0. The van der Waals surface area contributed by atoms with E-state index in [1.165, 1.54) is 9.78 Å². The SMILES string of the molecule is Cc1ccc(/C=C2\SC(=O)N(Cc3ccc4ccccc4c3)C2=O)s1. The van der Waals surface area contributed by atoms with Crippen molar-refractivity contribution in [3.63, 3.8) is 0 Å². The molecule has 4 rings (SSSR count). The molecule has 0 spiro atoms. The van der Waals surface area contributed by atoms with E-state index in [4.69, 9.17) is 0 Å². The topological polar surface area (TPSA) is 37.4 Å². The number of amides is 2. The average molecular weight is 365 g/mol. The van der Waals surface area contributed by atoms with E-state index in [1.54, 1.807) is 11.3 Å². The quantitative estimate of drug-likeness (QED) is 0.580. The summed E-state index contributed by atoms with van der Waals surface area (Å²) in [6.07, 6.45) is 1.81. The minimum absolute atomic E-state index is 0.210. The third-order valence-electron chi connectivity index (χ3n) is 4.06. The Labute approximate surface area is 154 Å². The largest absolute Gasteiger partial charge is 0.293 e. The third kappa shape index (κ3) is 3.25. The number of rotatable bonds is 3. The zero-order valence-electron chi connectivity index (χ0n) is 13.6. The van der Waals surface area contributed by atoms with Gasteiger partial charge in [-0.1, -0.05) is 36.4 Å². The molecule has 0 radical (unpaired) electrons. The van der Waals surface area contributed by atoms with Gasteiger partial charge in [-0.3, -0.25) is 14.5 Å². The van der Waals surface area contributed by atoms with Crippen molar-refractivity contribution in [2.24, 2.45) is 0 Å². The number of benzene rings is 2. The molecule has 2 aromatic carbocycles. The monoisotopic (exact) mass is 365 g/mol. The molecule has 5 heteroatoms. The Morgan fingerprint density at radius 3 is 2.56 bits per heavy atom. The molecular weight excluding hydrogens is 350 g/mol. The molecule has 0 aliphatic carbocycles. The molecule has 2 heterocycles. The van der Waals surface area contributed by atoms with E-state index >= 15 is 0 Å². The van der Waals surface area contributed by atoms with Crippen molar-refractivity contribution in [2.45, 2.75) is 13.5 Å². The van der Waals surface area contributed by atoms with Crippen molar-refractivity contribution in [3.05, 3.63) is 74.8 Å². The summed E-state index contributed by atoms with van der Waals surface area (Å²) in [5.41, 5.74) is 0.953. The van der Waals surface area contributed by atoms with Crippen LogP contribution in [-0.2, 0) is 11.3 Å². The summed E-state index contributed by atoms with van der Waals surface area (Å²) in [6, 6.07) is 18.1. The third-order valence-corrected chi connectivity index (χ3v) is 5.92. The van der Waals surface area contributed by atoms with E-state index in [2.05, 4.69) is 0 Å². The molecule has 25 heavy (non-hydrogen) atoms. The van der Waals surface area contributed by atoms with Gasteiger partial charge in [-0.25, -0.2) is 0 Å². The Hall–Kier alpha value is -2.37. The number of thiophene rings is 1. The average Bonchev–Trinajstić information content (AvgIpc) is 3.13. The lowest BCUT2D eigenvalue weighted by Crippen LogP contribution is -2.27.